The molecular weight excluding hydrogens is 848 g/mol. The van der Waals surface area contributed by atoms with Crippen LogP contribution in [0.1, 0.15) is 43.0 Å². The molecule has 0 aliphatic heterocycles. The highest BCUT2D eigenvalue weighted by Crippen LogP contribution is 2.46. The first-order valence-electron chi connectivity index (χ1n) is 18.0. The Morgan fingerprint density at radius 3 is 1.38 bits per heavy atom. The van der Waals surface area contributed by atoms with Crippen LogP contribution in [0, 0.1) is 13.8 Å². The number of ketones is 2. The zero-order chi connectivity index (χ0) is 42.1. The number of carbonyl (C=O) groups excluding carboxylic acids is 2. The van der Waals surface area contributed by atoms with Gasteiger partial charge in [-0.15, -0.1) is 0 Å². The molecule has 12 nitrogen and oxygen atoms in total. The lowest BCUT2D eigenvalue weighted by Gasteiger charge is -2.12. The second-order valence-electron chi connectivity index (χ2n) is 13.9. The summed E-state index contributed by atoms with van der Waals surface area (Å²) < 4.78 is 62.3. The van der Waals surface area contributed by atoms with Gasteiger partial charge in [0.25, 0.3) is 0 Å². The number of hydrogen-bond acceptors (Lipinski definition) is 12. The molecule has 4 aromatic heterocycles. The van der Waals surface area contributed by atoms with E-state index in [9.17, 15) is 26.4 Å². The van der Waals surface area contributed by atoms with Gasteiger partial charge in [-0.05, 0) is 80.1 Å². The van der Waals surface area contributed by atoms with Crippen molar-refractivity contribution in [1.29, 1.82) is 0 Å². The van der Waals surface area contributed by atoms with Crippen molar-refractivity contribution in [3.05, 3.63) is 165 Å². The summed E-state index contributed by atoms with van der Waals surface area (Å²) >= 11 is 12.2. The lowest BCUT2D eigenvalue weighted by atomic mass is 10.0. The minimum atomic E-state index is -4.20. The van der Waals surface area contributed by atoms with Crippen molar-refractivity contribution in [2.24, 2.45) is 0 Å². The Hall–Kier alpha value is -6.58. The molecule has 0 bridgehead atoms. The van der Waals surface area contributed by atoms with Gasteiger partial charge in [-0.2, -0.15) is 16.8 Å². The third kappa shape index (κ3) is 6.72. The predicted octanol–water partition coefficient (Wildman–Crippen LogP) is 9.14. The summed E-state index contributed by atoms with van der Waals surface area (Å²) in [6.07, 6.45) is 6.12. The Bertz CT molecular complexity index is 3160. The van der Waals surface area contributed by atoms with E-state index in [1.807, 2.05) is 13.8 Å². The lowest BCUT2D eigenvalue weighted by Crippen LogP contribution is -2.13. The van der Waals surface area contributed by atoms with Gasteiger partial charge in [-0.25, -0.2) is 9.97 Å². The summed E-state index contributed by atoms with van der Waals surface area (Å²) in [7, 11) is -8.41. The first-order chi connectivity index (χ1) is 28.7. The quantitative estimate of drug-likeness (QED) is 0.145. The van der Waals surface area contributed by atoms with Crippen LogP contribution in [0.4, 0.5) is 0 Å². The molecule has 0 N–H and O–H groups in total. The van der Waals surface area contributed by atoms with Gasteiger partial charge < -0.3 is 8.37 Å². The Kier molecular flexibility index (Phi) is 9.47. The minimum Gasteiger partial charge on any atom is -0.357 e. The molecule has 0 unspecified atom stereocenters. The number of benzene rings is 4. The SMILES string of the molecule is Cc1ccc(S(=O)(=O)Oc2nc3cc(Cl)ccc3c3c2C(=O)c2ccncc2-3)cc1.Cc1ccc(S(=O)(=O)Oc2nc3cc(Cl)ccc3c3c2C(=O)c2cnccc2-3)cc1. The van der Waals surface area contributed by atoms with E-state index in [-0.39, 0.29) is 44.2 Å². The third-order valence-electron chi connectivity index (χ3n) is 9.95. The molecule has 0 spiro atoms. The number of rotatable bonds is 6. The molecule has 0 radical (unpaired) electrons. The van der Waals surface area contributed by atoms with Gasteiger partial charge in [0, 0.05) is 73.4 Å². The zero-order valence-electron chi connectivity index (χ0n) is 31.2. The van der Waals surface area contributed by atoms with Gasteiger partial charge >= 0.3 is 20.2 Å². The van der Waals surface area contributed by atoms with E-state index in [0.717, 1.165) is 11.1 Å². The van der Waals surface area contributed by atoms with Crippen LogP contribution in [0.25, 0.3) is 44.1 Å². The first kappa shape index (κ1) is 38.9. The maximum Gasteiger partial charge on any atom is 0.340 e. The topological polar surface area (TPSA) is 172 Å². The number of pyridine rings is 4. The number of aryl methyl sites for hydroxylation is 2. The Morgan fingerprint density at radius 1 is 0.483 bits per heavy atom. The molecule has 0 fully saturated rings. The van der Waals surface area contributed by atoms with Crippen LogP contribution in [0.2, 0.25) is 10.0 Å². The van der Waals surface area contributed by atoms with E-state index in [1.165, 1.54) is 36.7 Å². The molecule has 296 valence electrons. The van der Waals surface area contributed by atoms with Gasteiger partial charge in [-0.1, -0.05) is 70.7 Å². The van der Waals surface area contributed by atoms with Crippen molar-refractivity contribution < 1.29 is 34.8 Å². The van der Waals surface area contributed by atoms with Crippen molar-refractivity contribution >= 4 is 76.8 Å². The van der Waals surface area contributed by atoms with E-state index in [2.05, 4.69) is 19.9 Å². The van der Waals surface area contributed by atoms with E-state index in [1.54, 1.807) is 85.2 Å². The molecule has 8 aromatic rings. The largest absolute Gasteiger partial charge is 0.357 e. The van der Waals surface area contributed by atoms with E-state index in [4.69, 9.17) is 31.6 Å². The average Bonchev–Trinajstić information content (AvgIpc) is 3.69. The standard InChI is InChI=1S/2C22H13ClN2O4S/c1-12-2-5-14(6-3-12)30(27,28)29-22-20-19(16-7-4-13(23)10-18(16)25-22)17-11-24-9-8-15(17)21(20)26;1-12-2-5-14(6-3-12)30(27,28)29-22-20-19(15-8-9-24-11-17(15)21(20)26)16-7-4-13(23)10-18(16)25-22/h2*2-11H,1H3. The fraction of sp³-hybridized carbons (Fsp3) is 0.0455. The highest BCUT2D eigenvalue weighted by molar-refractivity contribution is 7.87. The molecule has 4 heterocycles. The van der Waals surface area contributed by atoms with Gasteiger partial charge in [0.1, 0.15) is 9.79 Å². The van der Waals surface area contributed by atoms with Crippen LogP contribution in [0.15, 0.2) is 132 Å². The maximum atomic E-state index is 13.1. The van der Waals surface area contributed by atoms with Crippen LogP contribution in [0.3, 0.4) is 0 Å². The number of fused-ring (bicyclic) bond motifs is 10. The monoisotopic (exact) mass is 872 g/mol. The second kappa shape index (κ2) is 14.6. The van der Waals surface area contributed by atoms with Crippen LogP contribution in [-0.2, 0) is 20.2 Å². The van der Waals surface area contributed by atoms with Crippen molar-refractivity contribution in [1.82, 2.24) is 19.9 Å². The van der Waals surface area contributed by atoms with Gasteiger partial charge in [0.15, 0.2) is 5.78 Å². The molecule has 0 saturated heterocycles. The summed E-state index contributed by atoms with van der Waals surface area (Å²) in [4.78, 5) is 43.0. The lowest BCUT2D eigenvalue weighted by molar-refractivity contribution is 0.103. The summed E-state index contributed by atoms with van der Waals surface area (Å²) in [6.45, 7) is 3.70. The smallest absolute Gasteiger partial charge is 0.340 e. The van der Waals surface area contributed by atoms with Crippen molar-refractivity contribution in [2.45, 2.75) is 23.6 Å². The number of halogens is 2. The van der Waals surface area contributed by atoms with Gasteiger partial charge in [0.05, 0.1) is 22.2 Å². The van der Waals surface area contributed by atoms with Crippen LogP contribution in [-0.4, -0.2) is 48.3 Å². The summed E-state index contributed by atoms with van der Waals surface area (Å²) in [5, 5.41) is 2.20. The molecule has 10 rings (SSSR count). The molecule has 0 atom stereocenters. The number of aromatic nitrogens is 4. The van der Waals surface area contributed by atoms with Crippen LogP contribution < -0.4 is 8.37 Å². The molecule has 2 aliphatic carbocycles. The fourth-order valence-electron chi connectivity index (χ4n) is 7.10. The van der Waals surface area contributed by atoms with E-state index >= 15 is 0 Å². The van der Waals surface area contributed by atoms with Gasteiger partial charge in [-0.3, -0.25) is 19.6 Å². The number of hydrogen-bond donors (Lipinski definition) is 0. The zero-order valence-corrected chi connectivity index (χ0v) is 34.3. The molecule has 0 amide bonds. The second-order valence-corrected chi connectivity index (χ2v) is 17.8. The highest BCUT2D eigenvalue weighted by atomic mass is 35.5. The molecule has 2 aliphatic rings. The summed E-state index contributed by atoms with van der Waals surface area (Å²) in [5.41, 5.74) is 6.00. The van der Waals surface area contributed by atoms with Gasteiger partial charge in [0.2, 0.25) is 17.5 Å². The first-order valence-corrected chi connectivity index (χ1v) is 21.5. The predicted molar refractivity (Wildman–Crippen MR) is 225 cm³/mol. The Labute approximate surface area is 352 Å². The molecule has 4 aromatic carbocycles. The van der Waals surface area contributed by atoms with Crippen molar-refractivity contribution in [3.63, 3.8) is 0 Å². The third-order valence-corrected chi connectivity index (χ3v) is 12.9. The average molecular weight is 874 g/mol. The molecule has 60 heavy (non-hydrogen) atoms. The molecule has 0 saturated carbocycles. The Balaban J connectivity index is 0.000000154. The maximum absolute atomic E-state index is 13.1. The van der Waals surface area contributed by atoms with E-state index in [0.29, 0.717) is 65.2 Å². The fourth-order valence-corrected chi connectivity index (χ4v) is 9.22. The highest BCUT2D eigenvalue weighted by Gasteiger charge is 2.37. The molecular formula is C44H26Cl2N4O8S2. The van der Waals surface area contributed by atoms with Crippen LogP contribution >= 0.6 is 23.2 Å². The minimum absolute atomic E-state index is 0.0283. The van der Waals surface area contributed by atoms with Crippen LogP contribution in [0.5, 0.6) is 11.8 Å². The summed E-state index contributed by atoms with van der Waals surface area (Å²) in [5.74, 6) is -1.30. The van der Waals surface area contributed by atoms with Crippen molar-refractivity contribution in [3.8, 4) is 34.0 Å². The summed E-state index contributed by atoms with van der Waals surface area (Å²) in [6, 6.07) is 25.9. The number of nitrogens with zero attached hydrogens (tertiary/aromatic N) is 4. The Morgan fingerprint density at radius 2 is 0.900 bits per heavy atom. The van der Waals surface area contributed by atoms with Crippen molar-refractivity contribution in [2.75, 3.05) is 0 Å². The normalized spacial score (nSPS) is 12.7. The molecule has 16 heteroatoms. The number of carbonyl (C=O) groups is 2. The van der Waals surface area contributed by atoms with E-state index < -0.39 is 20.2 Å².